The lowest BCUT2D eigenvalue weighted by atomic mass is 9.85. The molecule has 0 amide bonds. The first-order valence-electron chi connectivity index (χ1n) is 7.96. The molecule has 0 aromatic rings. The third kappa shape index (κ3) is 2.97. The third-order valence-corrected chi connectivity index (χ3v) is 5.28. The quantitative estimate of drug-likeness (QED) is 0.828. The van der Waals surface area contributed by atoms with Gasteiger partial charge in [0.05, 0.1) is 13.2 Å². The SMILES string of the molecule is CC(N)C1CCCN(C2CCC3(CC2)OCCO3)C1. The molecule has 1 saturated carbocycles. The monoisotopic (exact) mass is 268 g/mol. The van der Waals surface area contributed by atoms with E-state index in [1.54, 1.807) is 0 Å². The van der Waals surface area contributed by atoms with E-state index in [0.29, 0.717) is 12.0 Å². The fourth-order valence-corrected chi connectivity index (χ4v) is 3.99. The summed E-state index contributed by atoms with van der Waals surface area (Å²) in [5.41, 5.74) is 6.09. The number of hydrogen-bond acceptors (Lipinski definition) is 4. The highest BCUT2D eigenvalue weighted by molar-refractivity contribution is 4.89. The maximum atomic E-state index is 6.09. The zero-order valence-corrected chi connectivity index (χ0v) is 12.1. The Hall–Kier alpha value is -0.160. The molecule has 0 bridgehead atoms. The molecule has 2 heterocycles. The minimum atomic E-state index is -0.215. The Kier molecular flexibility index (Phi) is 4.13. The first kappa shape index (κ1) is 13.8. The van der Waals surface area contributed by atoms with Gasteiger partial charge in [0, 0.05) is 31.5 Å². The van der Waals surface area contributed by atoms with Crippen LogP contribution in [0, 0.1) is 5.92 Å². The number of nitrogens with two attached hydrogens (primary N) is 1. The van der Waals surface area contributed by atoms with Gasteiger partial charge in [-0.15, -0.1) is 0 Å². The van der Waals surface area contributed by atoms with E-state index >= 15 is 0 Å². The zero-order chi connectivity index (χ0) is 13.3. The van der Waals surface area contributed by atoms with E-state index in [0.717, 1.165) is 32.1 Å². The minimum absolute atomic E-state index is 0.215. The van der Waals surface area contributed by atoms with Crippen molar-refractivity contribution in [2.24, 2.45) is 11.7 Å². The average molecular weight is 268 g/mol. The molecule has 0 aromatic carbocycles. The van der Waals surface area contributed by atoms with E-state index in [9.17, 15) is 0 Å². The Labute approximate surface area is 116 Å². The lowest BCUT2D eigenvalue weighted by Crippen LogP contribution is -2.50. The van der Waals surface area contributed by atoms with Crippen LogP contribution in [0.2, 0.25) is 0 Å². The van der Waals surface area contributed by atoms with Gasteiger partial charge >= 0.3 is 0 Å². The van der Waals surface area contributed by atoms with Crippen molar-refractivity contribution in [1.29, 1.82) is 0 Å². The number of ether oxygens (including phenoxy) is 2. The van der Waals surface area contributed by atoms with Gasteiger partial charge in [-0.25, -0.2) is 0 Å². The molecular weight excluding hydrogens is 240 g/mol. The largest absolute Gasteiger partial charge is 0.348 e. The van der Waals surface area contributed by atoms with Crippen molar-refractivity contribution in [3.8, 4) is 0 Å². The maximum Gasteiger partial charge on any atom is 0.168 e. The molecule has 3 rings (SSSR count). The van der Waals surface area contributed by atoms with Crippen LogP contribution >= 0.6 is 0 Å². The van der Waals surface area contributed by atoms with Crippen LogP contribution in [0.5, 0.6) is 0 Å². The first-order valence-corrected chi connectivity index (χ1v) is 7.96. The molecule has 4 heteroatoms. The Morgan fingerprint density at radius 1 is 1.16 bits per heavy atom. The molecule has 2 N–H and O–H groups in total. The Bertz CT molecular complexity index is 293. The smallest absolute Gasteiger partial charge is 0.168 e. The molecule has 0 radical (unpaired) electrons. The summed E-state index contributed by atoms with van der Waals surface area (Å²) in [5, 5.41) is 0. The van der Waals surface area contributed by atoms with Crippen molar-refractivity contribution in [3.63, 3.8) is 0 Å². The second kappa shape index (κ2) is 5.68. The van der Waals surface area contributed by atoms with Crippen LogP contribution in [0.4, 0.5) is 0 Å². The van der Waals surface area contributed by atoms with Gasteiger partial charge in [-0.05, 0) is 45.1 Å². The molecule has 1 aliphatic carbocycles. The van der Waals surface area contributed by atoms with Crippen molar-refractivity contribution < 1.29 is 9.47 Å². The summed E-state index contributed by atoms with van der Waals surface area (Å²) >= 11 is 0. The van der Waals surface area contributed by atoms with Gasteiger partial charge in [-0.1, -0.05) is 0 Å². The van der Waals surface area contributed by atoms with Crippen LogP contribution in [0.3, 0.4) is 0 Å². The Balaban J connectivity index is 1.53. The van der Waals surface area contributed by atoms with E-state index in [1.807, 2.05) is 0 Å². The van der Waals surface area contributed by atoms with Gasteiger partial charge < -0.3 is 20.1 Å². The third-order valence-electron chi connectivity index (χ3n) is 5.28. The summed E-state index contributed by atoms with van der Waals surface area (Å²) < 4.78 is 11.6. The summed E-state index contributed by atoms with van der Waals surface area (Å²) in [4.78, 5) is 2.68. The van der Waals surface area contributed by atoms with Crippen molar-refractivity contribution >= 4 is 0 Å². The molecular formula is C15H28N2O2. The highest BCUT2D eigenvalue weighted by Gasteiger charge is 2.42. The maximum absolute atomic E-state index is 6.09. The van der Waals surface area contributed by atoms with Gasteiger partial charge in [0.2, 0.25) is 0 Å². The molecule has 2 aliphatic heterocycles. The summed E-state index contributed by atoms with van der Waals surface area (Å²) in [6.07, 6.45) is 7.17. The molecule has 19 heavy (non-hydrogen) atoms. The number of nitrogens with zero attached hydrogens (tertiary/aromatic N) is 1. The molecule has 4 nitrogen and oxygen atoms in total. The van der Waals surface area contributed by atoms with Crippen LogP contribution in [0.1, 0.15) is 45.4 Å². The van der Waals surface area contributed by atoms with Crippen molar-refractivity contribution in [3.05, 3.63) is 0 Å². The fourth-order valence-electron chi connectivity index (χ4n) is 3.99. The van der Waals surface area contributed by atoms with Crippen molar-refractivity contribution in [2.75, 3.05) is 26.3 Å². The summed E-state index contributed by atoms with van der Waals surface area (Å²) in [6, 6.07) is 1.05. The van der Waals surface area contributed by atoms with Crippen LogP contribution in [-0.4, -0.2) is 49.1 Å². The molecule has 3 fully saturated rings. The standard InChI is InChI=1S/C15H28N2O2/c1-12(16)13-3-2-8-17(11-13)14-4-6-15(7-5-14)18-9-10-19-15/h12-14H,2-11,16H2,1H3. The molecule has 2 saturated heterocycles. The molecule has 0 aromatic heterocycles. The predicted molar refractivity (Wildman–Crippen MR) is 74.8 cm³/mol. The molecule has 3 aliphatic rings. The fraction of sp³-hybridized carbons (Fsp3) is 1.00. The van der Waals surface area contributed by atoms with Gasteiger partial charge in [-0.2, -0.15) is 0 Å². The highest BCUT2D eigenvalue weighted by Crippen LogP contribution is 2.38. The van der Waals surface area contributed by atoms with Gasteiger partial charge in [0.15, 0.2) is 5.79 Å². The second-order valence-electron chi connectivity index (χ2n) is 6.60. The van der Waals surface area contributed by atoms with E-state index in [4.69, 9.17) is 15.2 Å². The summed E-state index contributed by atoms with van der Waals surface area (Å²) in [5.74, 6) is 0.468. The predicted octanol–water partition coefficient (Wildman–Crippen LogP) is 1.73. The van der Waals surface area contributed by atoms with Crippen molar-refractivity contribution in [2.45, 2.75) is 63.3 Å². The summed E-state index contributed by atoms with van der Waals surface area (Å²) in [6.45, 7) is 6.16. The zero-order valence-electron chi connectivity index (χ0n) is 12.1. The van der Waals surface area contributed by atoms with Crippen LogP contribution in [0.15, 0.2) is 0 Å². The van der Waals surface area contributed by atoms with Gasteiger partial charge in [0.25, 0.3) is 0 Å². The van der Waals surface area contributed by atoms with Gasteiger partial charge in [-0.3, -0.25) is 0 Å². The number of piperidine rings is 1. The normalized spacial score (nSPS) is 34.7. The number of hydrogen-bond donors (Lipinski definition) is 1. The average Bonchev–Trinajstić information content (AvgIpc) is 2.88. The summed E-state index contributed by atoms with van der Waals surface area (Å²) in [7, 11) is 0. The first-order chi connectivity index (χ1) is 9.19. The molecule has 2 unspecified atom stereocenters. The van der Waals surface area contributed by atoms with E-state index < -0.39 is 0 Å². The van der Waals surface area contributed by atoms with Crippen LogP contribution < -0.4 is 5.73 Å². The Morgan fingerprint density at radius 3 is 2.47 bits per heavy atom. The Morgan fingerprint density at radius 2 is 1.84 bits per heavy atom. The molecule has 1 spiro atoms. The molecule has 2 atom stereocenters. The van der Waals surface area contributed by atoms with Gasteiger partial charge in [0.1, 0.15) is 0 Å². The molecule has 110 valence electrons. The highest BCUT2D eigenvalue weighted by atomic mass is 16.7. The topological polar surface area (TPSA) is 47.7 Å². The minimum Gasteiger partial charge on any atom is -0.348 e. The van der Waals surface area contributed by atoms with Crippen molar-refractivity contribution in [1.82, 2.24) is 4.90 Å². The van der Waals surface area contributed by atoms with Crippen LogP contribution in [0.25, 0.3) is 0 Å². The number of likely N-dealkylation sites (tertiary alicyclic amines) is 1. The van der Waals surface area contributed by atoms with Crippen LogP contribution in [-0.2, 0) is 9.47 Å². The number of rotatable bonds is 2. The lowest BCUT2D eigenvalue weighted by molar-refractivity contribution is -0.184. The lowest BCUT2D eigenvalue weighted by Gasteiger charge is -2.44. The second-order valence-corrected chi connectivity index (χ2v) is 6.60. The van der Waals surface area contributed by atoms with E-state index in [-0.39, 0.29) is 5.79 Å². The van der Waals surface area contributed by atoms with E-state index in [2.05, 4.69) is 11.8 Å². The van der Waals surface area contributed by atoms with E-state index in [1.165, 1.54) is 38.8 Å².